The third-order valence-corrected chi connectivity index (χ3v) is 3.13. The van der Waals surface area contributed by atoms with E-state index in [1.54, 1.807) is 31.2 Å². The molecular formula is C14H12ClNO2. The number of aromatic hydroxyl groups is 1. The van der Waals surface area contributed by atoms with Gasteiger partial charge >= 0.3 is 0 Å². The zero-order chi connectivity index (χ0) is 13.3. The number of anilines is 1. The second kappa shape index (κ2) is 4.70. The van der Waals surface area contributed by atoms with Crippen molar-refractivity contribution in [3.8, 4) is 5.75 Å². The van der Waals surface area contributed by atoms with Crippen molar-refractivity contribution in [3.63, 3.8) is 0 Å². The fraction of sp³-hybridized carbons (Fsp3) is 0.0714. The first-order chi connectivity index (χ1) is 8.50. The number of hydrogen-bond acceptors (Lipinski definition) is 3. The summed E-state index contributed by atoms with van der Waals surface area (Å²) >= 11 is 5.96. The topological polar surface area (TPSA) is 63.3 Å². The average molecular weight is 262 g/mol. The number of ketones is 1. The summed E-state index contributed by atoms with van der Waals surface area (Å²) in [5.41, 5.74) is 7.34. The Hall–Kier alpha value is -2.00. The highest BCUT2D eigenvalue weighted by Gasteiger charge is 2.17. The van der Waals surface area contributed by atoms with E-state index in [9.17, 15) is 9.90 Å². The maximum Gasteiger partial charge on any atom is 0.198 e. The molecule has 2 aromatic rings. The van der Waals surface area contributed by atoms with Gasteiger partial charge in [0.1, 0.15) is 5.75 Å². The van der Waals surface area contributed by atoms with E-state index >= 15 is 0 Å². The largest absolute Gasteiger partial charge is 0.507 e. The lowest BCUT2D eigenvalue weighted by molar-refractivity contribution is 0.103. The third kappa shape index (κ3) is 2.17. The molecule has 0 atom stereocenters. The Balaban J connectivity index is 2.53. The van der Waals surface area contributed by atoms with E-state index in [1.165, 1.54) is 12.1 Å². The summed E-state index contributed by atoms with van der Waals surface area (Å²) in [6, 6.07) is 9.64. The number of hydrogen-bond donors (Lipinski definition) is 2. The van der Waals surface area contributed by atoms with Crippen molar-refractivity contribution in [1.82, 2.24) is 0 Å². The van der Waals surface area contributed by atoms with E-state index in [1.807, 2.05) is 0 Å². The zero-order valence-electron chi connectivity index (χ0n) is 9.77. The molecule has 0 heterocycles. The molecule has 0 aliphatic rings. The van der Waals surface area contributed by atoms with Crippen LogP contribution < -0.4 is 5.73 Å². The lowest BCUT2D eigenvalue weighted by Crippen LogP contribution is -2.05. The summed E-state index contributed by atoms with van der Waals surface area (Å²) < 4.78 is 0. The highest BCUT2D eigenvalue weighted by molar-refractivity contribution is 6.32. The second-order valence-electron chi connectivity index (χ2n) is 4.03. The predicted octanol–water partition coefficient (Wildman–Crippen LogP) is 3.17. The van der Waals surface area contributed by atoms with Crippen LogP contribution in [0.1, 0.15) is 21.5 Å². The Bertz CT molecular complexity index is 623. The van der Waals surface area contributed by atoms with Crippen LogP contribution in [-0.2, 0) is 0 Å². The van der Waals surface area contributed by atoms with Crippen molar-refractivity contribution in [2.45, 2.75) is 6.92 Å². The minimum atomic E-state index is -0.340. The molecule has 0 spiro atoms. The van der Waals surface area contributed by atoms with Crippen LogP contribution in [0.25, 0.3) is 0 Å². The third-order valence-electron chi connectivity index (χ3n) is 2.73. The Morgan fingerprint density at radius 1 is 1.22 bits per heavy atom. The van der Waals surface area contributed by atoms with Crippen LogP contribution in [0.5, 0.6) is 5.75 Å². The number of phenolic OH excluding ortho intramolecular Hbond substituents is 1. The molecule has 18 heavy (non-hydrogen) atoms. The highest BCUT2D eigenvalue weighted by Crippen LogP contribution is 2.28. The van der Waals surface area contributed by atoms with Crippen LogP contribution in [-0.4, -0.2) is 10.9 Å². The maximum atomic E-state index is 12.3. The van der Waals surface area contributed by atoms with Crippen LogP contribution in [0.4, 0.5) is 5.69 Å². The molecule has 0 saturated heterocycles. The Kier molecular flexibility index (Phi) is 3.26. The quantitative estimate of drug-likeness (QED) is 0.645. The normalized spacial score (nSPS) is 10.3. The van der Waals surface area contributed by atoms with Crippen LogP contribution in [0.15, 0.2) is 36.4 Å². The summed E-state index contributed by atoms with van der Waals surface area (Å²) in [6.45, 7) is 1.76. The van der Waals surface area contributed by atoms with Crippen molar-refractivity contribution in [2.75, 3.05) is 5.73 Å². The van der Waals surface area contributed by atoms with Gasteiger partial charge < -0.3 is 10.8 Å². The van der Waals surface area contributed by atoms with Crippen LogP contribution in [0.3, 0.4) is 0 Å². The fourth-order valence-electron chi connectivity index (χ4n) is 1.70. The molecule has 0 aliphatic heterocycles. The summed E-state index contributed by atoms with van der Waals surface area (Å²) in [6.07, 6.45) is 0. The Morgan fingerprint density at radius 3 is 2.56 bits per heavy atom. The van der Waals surface area contributed by atoms with Crippen molar-refractivity contribution < 1.29 is 9.90 Å². The molecule has 2 aromatic carbocycles. The van der Waals surface area contributed by atoms with E-state index in [4.69, 9.17) is 17.3 Å². The Labute approximate surface area is 110 Å². The number of carbonyl (C=O) groups excluding carboxylic acids is 1. The molecule has 2 rings (SSSR count). The number of nitrogens with two attached hydrogens (primary N) is 1. The summed E-state index contributed by atoms with van der Waals surface area (Å²) in [5.74, 6) is -0.433. The van der Waals surface area contributed by atoms with Crippen molar-refractivity contribution in [3.05, 3.63) is 58.1 Å². The first-order valence-corrected chi connectivity index (χ1v) is 5.77. The van der Waals surface area contributed by atoms with E-state index in [-0.39, 0.29) is 17.1 Å². The van der Waals surface area contributed by atoms with Crippen molar-refractivity contribution >= 4 is 23.1 Å². The first kappa shape index (κ1) is 12.5. The van der Waals surface area contributed by atoms with E-state index in [0.29, 0.717) is 21.8 Å². The van der Waals surface area contributed by atoms with Gasteiger partial charge in [-0.25, -0.2) is 0 Å². The van der Waals surface area contributed by atoms with Gasteiger partial charge in [-0.15, -0.1) is 0 Å². The van der Waals surface area contributed by atoms with Crippen LogP contribution >= 0.6 is 11.6 Å². The number of rotatable bonds is 2. The highest BCUT2D eigenvalue weighted by atomic mass is 35.5. The standard InChI is InChI=1S/C14H12ClNO2/c1-8-6-13(17)10(7-11(8)15)14(18)9-4-2-3-5-12(9)16/h2-7,17H,16H2,1H3. The van der Waals surface area contributed by atoms with Crippen molar-refractivity contribution in [1.29, 1.82) is 0 Å². The molecule has 0 fully saturated rings. The molecule has 4 heteroatoms. The van der Waals surface area contributed by atoms with Crippen LogP contribution in [0, 0.1) is 6.92 Å². The molecule has 0 bridgehead atoms. The van der Waals surface area contributed by atoms with Crippen molar-refractivity contribution in [2.24, 2.45) is 0 Å². The van der Waals surface area contributed by atoms with E-state index in [2.05, 4.69) is 0 Å². The lowest BCUT2D eigenvalue weighted by Gasteiger charge is -2.08. The second-order valence-corrected chi connectivity index (χ2v) is 4.44. The van der Waals surface area contributed by atoms with Gasteiger partial charge in [-0.2, -0.15) is 0 Å². The number of para-hydroxylation sites is 1. The monoisotopic (exact) mass is 261 g/mol. The lowest BCUT2D eigenvalue weighted by atomic mass is 10.00. The number of benzene rings is 2. The van der Waals surface area contributed by atoms with Gasteiger partial charge in [0.25, 0.3) is 0 Å². The van der Waals surface area contributed by atoms with Gasteiger partial charge in [0.05, 0.1) is 5.56 Å². The minimum Gasteiger partial charge on any atom is -0.507 e. The number of carbonyl (C=O) groups is 1. The number of aryl methyl sites for hydroxylation is 1. The van der Waals surface area contributed by atoms with Crippen LogP contribution in [0.2, 0.25) is 5.02 Å². The van der Waals surface area contributed by atoms with Gasteiger partial charge in [-0.05, 0) is 36.8 Å². The molecule has 3 N–H and O–H groups in total. The smallest absolute Gasteiger partial charge is 0.198 e. The zero-order valence-corrected chi connectivity index (χ0v) is 10.5. The Morgan fingerprint density at radius 2 is 1.89 bits per heavy atom. The average Bonchev–Trinajstić information content (AvgIpc) is 2.33. The van der Waals surface area contributed by atoms with Gasteiger partial charge in [0, 0.05) is 16.3 Å². The predicted molar refractivity (Wildman–Crippen MR) is 72.1 cm³/mol. The number of halogens is 1. The molecule has 0 aromatic heterocycles. The number of nitrogen functional groups attached to an aromatic ring is 1. The summed E-state index contributed by atoms with van der Waals surface area (Å²) in [4.78, 5) is 12.3. The van der Waals surface area contributed by atoms with Gasteiger partial charge in [-0.1, -0.05) is 23.7 Å². The van der Waals surface area contributed by atoms with E-state index in [0.717, 1.165) is 0 Å². The van der Waals surface area contributed by atoms with Gasteiger partial charge in [-0.3, -0.25) is 4.79 Å². The molecule has 0 radical (unpaired) electrons. The van der Waals surface area contributed by atoms with Gasteiger partial charge in [0.15, 0.2) is 5.78 Å². The molecule has 0 saturated carbocycles. The molecular weight excluding hydrogens is 250 g/mol. The molecule has 0 aliphatic carbocycles. The minimum absolute atomic E-state index is 0.0925. The number of phenols is 1. The molecule has 0 unspecified atom stereocenters. The van der Waals surface area contributed by atoms with Gasteiger partial charge in [0.2, 0.25) is 0 Å². The van der Waals surface area contributed by atoms with E-state index < -0.39 is 0 Å². The summed E-state index contributed by atoms with van der Waals surface area (Å²) in [5, 5.41) is 10.3. The molecule has 92 valence electrons. The molecule has 0 amide bonds. The maximum absolute atomic E-state index is 12.3. The first-order valence-electron chi connectivity index (χ1n) is 5.39. The fourth-order valence-corrected chi connectivity index (χ4v) is 1.86. The SMILES string of the molecule is Cc1cc(O)c(C(=O)c2ccccc2N)cc1Cl. The molecule has 3 nitrogen and oxygen atoms in total. The summed E-state index contributed by atoms with van der Waals surface area (Å²) in [7, 11) is 0.